The van der Waals surface area contributed by atoms with Crippen molar-refractivity contribution in [1.29, 1.82) is 0 Å². The van der Waals surface area contributed by atoms with Gasteiger partial charge in [-0.15, -0.1) is 0 Å². The van der Waals surface area contributed by atoms with Crippen LogP contribution in [0.2, 0.25) is 5.02 Å². The van der Waals surface area contributed by atoms with Gasteiger partial charge in [-0.2, -0.15) is 0 Å². The Labute approximate surface area is 165 Å². The number of anilines is 1. The van der Waals surface area contributed by atoms with Crippen molar-refractivity contribution in [1.82, 2.24) is 5.32 Å². The van der Waals surface area contributed by atoms with E-state index in [1.54, 1.807) is 12.1 Å². The normalized spacial score (nSPS) is 20.0. The van der Waals surface area contributed by atoms with Gasteiger partial charge in [0.05, 0.1) is 11.9 Å². The molecule has 0 bridgehead atoms. The summed E-state index contributed by atoms with van der Waals surface area (Å²) in [5.41, 5.74) is 0.252. The van der Waals surface area contributed by atoms with E-state index >= 15 is 0 Å². The Morgan fingerprint density at radius 1 is 1.30 bits per heavy atom. The van der Waals surface area contributed by atoms with Crippen LogP contribution < -0.4 is 9.62 Å². The van der Waals surface area contributed by atoms with Crippen LogP contribution >= 0.6 is 11.6 Å². The highest BCUT2D eigenvalue weighted by Crippen LogP contribution is 2.24. The first-order chi connectivity index (χ1) is 12.7. The van der Waals surface area contributed by atoms with Crippen molar-refractivity contribution >= 4 is 39.2 Å². The Kier molecular flexibility index (Phi) is 7.49. The lowest BCUT2D eigenvalue weighted by Crippen LogP contribution is -2.43. The molecule has 2 rings (SSSR count). The van der Waals surface area contributed by atoms with E-state index in [0.29, 0.717) is 10.9 Å². The van der Waals surface area contributed by atoms with Crippen LogP contribution in [0.15, 0.2) is 24.3 Å². The molecule has 0 aliphatic heterocycles. The standard InChI is InChI=1S/C18H25ClN2O5S/c1-13-6-3-4-9-16(13)20-17(22)12-26-18(23)11-21(27(2,24)25)15-8-5-7-14(19)10-15/h5,7-8,10,13,16H,3-4,6,9,11-12H2,1-2H3,(H,20,22)/t13-,16-/m0/s1. The number of hydrogen-bond donors (Lipinski definition) is 1. The van der Waals surface area contributed by atoms with E-state index in [1.807, 2.05) is 0 Å². The molecule has 1 aliphatic rings. The molecular formula is C18H25ClN2O5S. The molecule has 0 aromatic heterocycles. The minimum absolute atomic E-state index is 0.0870. The lowest BCUT2D eigenvalue weighted by molar-refractivity contribution is -0.147. The Bertz CT molecular complexity index is 784. The molecule has 9 heteroatoms. The molecule has 0 spiro atoms. The van der Waals surface area contributed by atoms with Gasteiger partial charge in [-0.05, 0) is 37.0 Å². The van der Waals surface area contributed by atoms with Gasteiger partial charge in [-0.25, -0.2) is 8.42 Å². The molecule has 0 radical (unpaired) electrons. The fraction of sp³-hybridized carbons (Fsp3) is 0.556. The van der Waals surface area contributed by atoms with Crippen molar-refractivity contribution in [2.45, 2.75) is 38.6 Å². The average molecular weight is 417 g/mol. The molecule has 7 nitrogen and oxygen atoms in total. The summed E-state index contributed by atoms with van der Waals surface area (Å²) in [6.07, 6.45) is 5.19. The minimum atomic E-state index is -3.73. The molecule has 27 heavy (non-hydrogen) atoms. The predicted molar refractivity (Wildman–Crippen MR) is 104 cm³/mol. The summed E-state index contributed by atoms with van der Waals surface area (Å²) in [4.78, 5) is 24.1. The number of sulfonamides is 1. The molecule has 1 aromatic rings. The van der Waals surface area contributed by atoms with Gasteiger partial charge in [0, 0.05) is 11.1 Å². The van der Waals surface area contributed by atoms with Gasteiger partial charge in [0.1, 0.15) is 6.54 Å². The van der Waals surface area contributed by atoms with Gasteiger partial charge in [-0.3, -0.25) is 13.9 Å². The van der Waals surface area contributed by atoms with Crippen molar-refractivity contribution in [2.24, 2.45) is 5.92 Å². The molecule has 0 heterocycles. The number of carbonyl (C=O) groups is 2. The van der Waals surface area contributed by atoms with Crippen LogP contribution in [0.5, 0.6) is 0 Å². The number of rotatable bonds is 7. The van der Waals surface area contributed by atoms with Gasteiger partial charge >= 0.3 is 5.97 Å². The second-order valence-electron chi connectivity index (χ2n) is 6.85. The van der Waals surface area contributed by atoms with E-state index in [2.05, 4.69) is 12.2 Å². The number of carbonyl (C=O) groups excluding carboxylic acids is 2. The Morgan fingerprint density at radius 3 is 2.63 bits per heavy atom. The van der Waals surface area contributed by atoms with Gasteiger partial charge in [0.25, 0.3) is 5.91 Å². The largest absolute Gasteiger partial charge is 0.454 e. The monoisotopic (exact) mass is 416 g/mol. The second-order valence-corrected chi connectivity index (χ2v) is 9.19. The molecule has 1 fully saturated rings. The topological polar surface area (TPSA) is 92.8 Å². The number of nitrogens with one attached hydrogen (secondary N) is 1. The molecule has 2 atom stereocenters. The number of halogens is 1. The maximum atomic E-state index is 12.1. The van der Waals surface area contributed by atoms with Crippen LogP contribution in [0.4, 0.5) is 5.69 Å². The fourth-order valence-corrected chi connectivity index (χ4v) is 4.14. The number of amides is 1. The Morgan fingerprint density at radius 2 is 2.00 bits per heavy atom. The molecule has 150 valence electrons. The van der Waals surface area contributed by atoms with E-state index in [9.17, 15) is 18.0 Å². The molecule has 1 aromatic carbocycles. The lowest BCUT2D eigenvalue weighted by Gasteiger charge is -2.29. The third-order valence-corrected chi connectivity index (χ3v) is 5.97. The zero-order valence-corrected chi connectivity index (χ0v) is 17.1. The number of esters is 1. The zero-order valence-electron chi connectivity index (χ0n) is 15.5. The summed E-state index contributed by atoms with van der Waals surface area (Å²) in [7, 11) is -3.73. The quantitative estimate of drug-likeness (QED) is 0.688. The van der Waals surface area contributed by atoms with E-state index < -0.39 is 29.1 Å². The number of nitrogens with zero attached hydrogens (tertiary/aromatic N) is 1. The third kappa shape index (κ3) is 6.70. The van der Waals surface area contributed by atoms with E-state index in [1.165, 1.54) is 12.1 Å². The average Bonchev–Trinajstić information content (AvgIpc) is 2.59. The highest BCUT2D eigenvalue weighted by Gasteiger charge is 2.25. The first-order valence-electron chi connectivity index (χ1n) is 8.85. The fourth-order valence-electron chi connectivity index (χ4n) is 3.12. The Balaban J connectivity index is 1.91. The van der Waals surface area contributed by atoms with Gasteiger partial charge < -0.3 is 10.1 Å². The summed E-state index contributed by atoms with van der Waals surface area (Å²) in [6.45, 7) is 1.12. The molecule has 1 saturated carbocycles. The van der Waals surface area contributed by atoms with Crippen molar-refractivity contribution in [3.05, 3.63) is 29.3 Å². The summed E-state index contributed by atoms with van der Waals surface area (Å²) in [5.74, 6) is -0.801. The summed E-state index contributed by atoms with van der Waals surface area (Å²) < 4.78 is 29.9. The zero-order chi connectivity index (χ0) is 20.0. The smallest absolute Gasteiger partial charge is 0.327 e. The molecule has 0 saturated heterocycles. The molecular weight excluding hydrogens is 392 g/mol. The van der Waals surface area contributed by atoms with Gasteiger partial charge in [0.15, 0.2) is 6.61 Å². The molecule has 1 aliphatic carbocycles. The van der Waals surface area contributed by atoms with Crippen LogP contribution in [0.3, 0.4) is 0 Å². The first kappa shape index (κ1) is 21.5. The summed E-state index contributed by atoms with van der Waals surface area (Å²) >= 11 is 5.89. The number of ether oxygens (including phenoxy) is 1. The highest BCUT2D eigenvalue weighted by atomic mass is 35.5. The SMILES string of the molecule is C[C@H]1CCCC[C@@H]1NC(=O)COC(=O)CN(c1cccc(Cl)c1)S(C)(=O)=O. The van der Waals surface area contributed by atoms with Crippen molar-refractivity contribution in [2.75, 3.05) is 23.7 Å². The van der Waals surface area contributed by atoms with Crippen LogP contribution in [0.1, 0.15) is 32.6 Å². The van der Waals surface area contributed by atoms with Crippen LogP contribution in [-0.2, 0) is 24.3 Å². The van der Waals surface area contributed by atoms with E-state index in [0.717, 1.165) is 36.2 Å². The maximum absolute atomic E-state index is 12.1. The van der Waals surface area contributed by atoms with Crippen LogP contribution in [-0.4, -0.2) is 45.7 Å². The van der Waals surface area contributed by atoms with Crippen molar-refractivity contribution in [3.8, 4) is 0 Å². The van der Waals surface area contributed by atoms with Crippen molar-refractivity contribution < 1.29 is 22.7 Å². The second kappa shape index (κ2) is 9.41. The highest BCUT2D eigenvalue weighted by molar-refractivity contribution is 7.92. The Hall–Kier alpha value is -1.80. The third-order valence-electron chi connectivity index (χ3n) is 4.59. The van der Waals surface area contributed by atoms with E-state index in [-0.39, 0.29) is 17.6 Å². The molecule has 0 unspecified atom stereocenters. The summed E-state index contributed by atoms with van der Waals surface area (Å²) in [6, 6.07) is 6.23. The summed E-state index contributed by atoms with van der Waals surface area (Å²) in [5, 5.41) is 3.22. The molecule has 1 N–H and O–H groups in total. The van der Waals surface area contributed by atoms with Crippen LogP contribution in [0.25, 0.3) is 0 Å². The maximum Gasteiger partial charge on any atom is 0.327 e. The van der Waals surface area contributed by atoms with Crippen molar-refractivity contribution in [3.63, 3.8) is 0 Å². The number of hydrogen-bond acceptors (Lipinski definition) is 5. The molecule has 1 amide bonds. The van der Waals surface area contributed by atoms with Gasteiger partial charge in [-0.1, -0.05) is 37.4 Å². The van der Waals surface area contributed by atoms with E-state index in [4.69, 9.17) is 16.3 Å². The van der Waals surface area contributed by atoms with Gasteiger partial charge in [0.2, 0.25) is 10.0 Å². The van der Waals surface area contributed by atoms with Crippen LogP contribution in [0, 0.1) is 5.92 Å². The first-order valence-corrected chi connectivity index (χ1v) is 11.1. The lowest BCUT2D eigenvalue weighted by atomic mass is 9.86. The minimum Gasteiger partial charge on any atom is -0.454 e. The number of benzene rings is 1. The predicted octanol–water partition coefficient (Wildman–Crippen LogP) is 2.34.